The van der Waals surface area contributed by atoms with Gasteiger partial charge < -0.3 is 19.9 Å². The van der Waals surface area contributed by atoms with E-state index in [2.05, 4.69) is 28.4 Å². The summed E-state index contributed by atoms with van der Waals surface area (Å²) in [6.45, 7) is 4.98. The average molecular weight is 569 g/mol. The van der Waals surface area contributed by atoms with E-state index in [4.69, 9.17) is 15.9 Å². The number of pyridine rings is 1. The van der Waals surface area contributed by atoms with Gasteiger partial charge in [0.25, 0.3) is 0 Å². The summed E-state index contributed by atoms with van der Waals surface area (Å²) in [7, 11) is 0. The average Bonchev–Trinajstić information content (AvgIpc) is 3.00. The maximum atomic E-state index is 12.6. The lowest BCUT2D eigenvalue weighted by molar-refractivity contribution is -0.151. The van der Waals surface area contributed by atoms with Gasteiger partial charge in [-0.3, -0.25) is 14.6 Å². The number of rotatable bonds is 17. The quantitative estimate of drug-likeness (QED) is 0.134. The van der Waals surface area contributed by atoms with Crippen molar-refractivity contribution in [2.24, 2.45) is 5.41 Å². The van der Waals surface area contributed by atoms with Gasteiger partial charge in [-0.05, 0) is 85.7 Å². The minimum Gasteiger partial charge on any atom is -0.481 e. The smallest absolute Gasteiger partial charge is 0.310 e. The number of ether oxygens (including phenoxy) is 2. The van der Waals surface area contributed by atoms with Gasteiger partial charge in [0.2, 0.25) is 5.91 Å². The topological polar surface area (TPSA) is 97.8 Å². The maximum absolute atomic E-state index is 12.6. The summed E-state index contributed by atoms with van der Waals surface area (Å²) < 4.78 is 11.3. The Morgan fingerprint density at radius 1 is 1.02 bits per heavy atom. The number of hydrogen-bond donors (Lipinski definition) is 2. The molecule has 2 aromatic carbocycles. The second-order valence-electron chi connectivity index (χ2n) is 10.2. The van der Waals surface area contributed by atoms with Crippen molar-refractivity contribution >= 4 is 29.7 Å². The number of benzene rings is 2. The Balaban J connectivity index is 1.44. The number of anilines is 1. The molecule has 0 saturated carbocycles. The van der Waals surface area contributed by atoms with Gasteiger partial charge in [0.1, 0.15) is 12.4 Å². The normalized spacial score (nSPS) is 11.3. The number of aryl methyl sites for hydroxylation is 1. The first kappa shape index (κ1) is 32.1. The van der Waals surface area contributed by atoms with Crippen LogP contribution in [0.1, 0.15) is 68.5 Å². The summed E-state index contributed by atoms with van der Waals surface area (Å²) in [5, 5.41) is 12.5. The first-order valence-corrected chi connectivity index (χ1v) is 14.4. The van der Waals surface area contributed by atoms with Crippen molar-refractivity contribution in [1.82, 2.24) is 4.98 Å². The van der Waals surface area contributed by atoms with Crippen molar-refractivity contribution in [3.05, 3.63) is 89.2 Å². The van der Waals surface area contributed by atoms with Gasteiger partial charge in [0.05, 0.1) is 23.4 Å². The Kier molecular flexibility index (Phi) is 12.8. The fourth-order valence-electron chi connectivity index (χ4n) is 4.55. The number of amides is 1. The number of carboxylic acid groups (broad SMARTS) is 1. The Morgan fingerprint density at radius 2 is 1.79 bits per heavy atom. The van der Waals surface area contributed by atoms with Gasteiger partial charge in [0.15, 0.2) is 0 Å². The summed E-state index contributed by atoms with van der Waals surface area (Å²) in [5.41, 5.74) is 3.38. The summed E-state index contributed by atoms with van der Waals surface area (Å²) in [5.74, 6) is 2.00. The summed E-state index contributed by atoms with van der Waals surface area (Å²) in [6.07, 6.45) is 12.7. The molecule has 0 unspecified atom stereocenters. The molecule has 0 aliphatic carbocycles. The molecular formula is C35H40N2O5. The zero-order valence-corrected chi connectivity index (χ0v) is 24.5. The van der Waals surface area contributed by atoms with Gasteiger partial charge in [-0.2, -0.15) is 0 Å². The number of aromatic nitrogens is 1. The number of terminal acetylenes is 1. The molecule has 0 bridgehead atoms. The van der Waals surface area contributed by atoms with Crippen molar-refractivity contribution in [3.63, 3.8) is 0 Å². The zero-order valence-electron chi connectivity index (χ0n) is 24.5. The molecule has 0 spiro atoms. The molecule has 0 aliphatic rings. The highest BCUT2D eigenvalue weighted by Crippen LogP contribution is 2.31. The molecule has 0 radical (unpaired) electrons. The molecule has 1 heterocycles. The monoisotopic (exact) mass is 568 g/mol. The van der Waals surface area contributed by atoms with E-state index in [1.54, 1.807) is 19.9 Å². The van der Waals surface area contributed by atoms with E-state index in [1.807, 2.05) is 60.7 Å². The molecule has 1 amide bonds. The van der Waals surface area contributed by atoms with E-state index in [9.17, 15) is 14.7 Å². The lowest BCUT2D eigenvalue weighted by atomic mass is 9.79. The summed E-state index contributed by atoms with van der Waals surface area (Å²) in [6, 6.07) is 21.3. The third kappa shape index (κ3) is 10.2. The third-order valence-electron chi connectivity index (χ3n) is 7.25. The van der Waals surface area contributed by atoms with Crippen molar-refractivity contribution < 1.29 is 24.2 Å². The van der Waals surface area contributed by atoms with Crippen molar-refractivity contribution in [3.8, 4) is 18.1 Å². The molecule has 0 saturated heterocycles. The molecule has 220 valence electrons. The van der Waals surface area contributed by atoms with Crippen LogP contribution >= 0.6 is 0 Å². The number of carboxylic acids is 1. The van der Waals surface area contributed by atoms with Crippen LogP contribution in [0.25, 0.3) is 12.2 Å². The van der Waals surface area contributed by atoms with E-state index in [0.717, 1.165) is 42.0 Å². The molecule has 0 atom stereocenters. The number of unbranched alkanes of at least 4 members (excludes halogenated alkanes) is 1. The Hall–Kier alpha value is -4.41. The highest BCUT2D eigenvalue weighted by molar-refractivity contribution is 5.94. The van der Waals surface area contributed by atoms with Crippen LogP contribution in [0.15, 0.2) is 66.7 Å². The molecule has 3 rings (SSSR count). The molecule has 1 aromatic heterocycles. The SMILES string of the molecule is C#CCOc1ccc(CCCCOCc2cccc(C=Cc3cccc(NC(=O)CC(CC)(CC)C(=O)O)c3)n2)cc1. The predicted molar refractivity (Wildman–Crippen MR) is 167 cm³/mol. The Morgan fingerprint density at radius 3 is 2.50 bits per heavy atom. The number of nitrogens with zero attached hydrogens (tertiary/aromatic N) is 1. The fourth-order valence-corrected chi connectivity index (χ4v) is 4.55. The highest BCUT2D eigenvalue weighted by Gasteiger charge is 2.37. The van der Waals surface area contributed by atoms with Gasteiger partial charge in [-0.25, -0.2) is 0 Å². The lowest BCUT2D eigenvalue weighted by Gasteiger charge is -2.25. The van der Waals surface area contributed by atoms with E-state index >= 15 is 0 Å². The minimum atomic E-state index is -1.05. The number of nitrogens with one attached hydrogen (secondary N) is 1. The molecular weight excluding hydrogens is 528 g/mol. The van der Waals surface area contributed by atoms with Gasteiger partial charge >= 0.3 is 5.97 Å². The van der Waals surface area contributed by atoms with E-state index in [1.165, 1.54) is 5.56 Å². The van der Waals surface area contributed by atoms with Crippen molar-refractivity contribution in [2.75, 3.05) is 18.5 Å². The molecule has 2 N–H and O–H groups in total. The maximum Gasteiger partial charge on any atom is 0.310 e. The van der Waals surface area contributed by atoms with Gasteiger partial charge in [0, 0.05) is 18.7 Å². The second-order valence-corrected chi connectivity index (χ2v) is 10.2. The summed E-state index contributed by atoms with van der Waals surface area (Å²) >= 11 is 0. The van der Waals surface area contributed by atoms with E-state index in [-0.39, 0.29) is 18.9 Å². The van der Waals surface area contributed by atoms with Crippen LogP contribution in [0, 0.1) is 17.8 Å². The number of carbonyl (C=O) groups excluding carboxylic acids is 1. The van der Waals surface area contributed by atoms with E-state index in [0.29, 0.717) is 31.7 Å². The number of carbonyl (C=O) groups is 2. The first-order valence-electron chi connectivity index (χ1n) is 14.4. The van der Waals surface area contributed by atoms with Crippen LogP contribution in [-0.4, -0.2) is 35.2 Å². The van der Waals surface area contributed by atoms with Crippen LogP contribution in [0.5, 0.6) is 5.75 Å². The fraction of sp³-hybridized carbons (Fsp3) is 0.343. The second kappa shape index (κ2) is 16.8. The van der Waals surface area contributed by atoms with Crippen LogP contribution in [0.3, 0.4) is 0 Å². The highest BCUT2D eigenvalue weighted by atomic mass is 16.5. The molecule has 0 fully saturated rings. The van der Waals surface area contributed by atoms with Crippen LogP contribution in [-0.2, 0) is 27.4 Å². The lowest BCUT2D eigenvalue weighted by Crippen LogP contribution is -2.34. The Labute approximate surface area is 249 Å². The predicted octanol–water partition coefficient (Wildman–Crippen LogP) is 7.02. The van der Waals surface area contributed by atoms with E-state index < -0.39 is 11.4 Å². The minimum absolute atomic E-state index is 0.0635. The molecule has 7 nitrogen and oxygen atoms in total. The van der Waals surface area contributed by atoms with Crippen LogP contribution < -0.4 is 10.1 Å². The largest absolute Gasteiger partial charge is 0.481 e. The zero-order chi connectivity index (χ0) is 30.2. The first-order chi connectivity index (χ1) is 20.4. The molecule has 7 heteroatoms. The van der Waals surface area contributed by atoms with Gasteiger partial charge in [-0.15, -0.1) is 6.42 Å². The Bertz CT molecular complexity index is 1370. The van der Waals surface area contributed by atoms with Crippen LogP contribution in [0.4, 0.5) is 5.69 Å². The summed E-state index contributed by atoms with van der Waals surface area (Å²) in [4.78, 5) is 29.0. The van der Waals surface area contributed by atoms with Crippen LogP contribution in [0.2, 0.25) is 0 Å². The van der Waals surface area contributed by atoms with Crippen molar-refractivity contribution in [1.29, 1.82) is 0 Å². The van der Waals surface area contributed by atoms with Gasteiger partial charge in [-0.1, -0.05) is 56.2 Å². The van der Waals surface area contributed by atoms with Crippen molar-refractivity contribution in [2.45, 2.75) is 59.0 Å². The molecule has 0 aliphatic heterocycles. The standard InChI is InChI=1S/C35H40N2O5/c1-4-22-42-32-20-17-27(18-21-32)11-7-8-23-41-26-31-15-10-13-29(36-31)19-16-28-12-9-14-30(24-28)37-33(38)25-35(5-2,6-3)34(39)40/h1,9-10,12-21,24H,5-8,11,22-23,25-26H2,2-3H3,(H,37,38)(H,39,40). The number of aliphatic carboxylic acids is 1. The molecule has 3 aromatic rings. The molecule has 42 heavy (non-hydrogen) atoms. The number of hydrogen-bond acceptors (Lipinski definition) is 5. The third-order valence-corrected chi connectivity index (χ3v) is 7.25.